The highest BCUT2D eigenvalue weighted by Crippen LogP contribution is 2.18. The fourth-order valence-electron chi connectivity index (χ4n) is 3.24. The highest BCUT2D eigenvalue weighted by molar-refractivity contribution is 6.30. The largest absolute Gasteiger partial charge is 0.352 e. The number of hydrogen-bond acceptors (Lipinski definition) is 3. The van der Waals surface area contributed by atoms with Gasteiger partial charge in [0.2, 0.25) is 0 Å². The van der Waals surface area contributed by atoms with Crippen molar-refractivity contribution in [2.24, 2.45) is 13.0 Å². The lowest BCUT2D eigenvalue weighted by Crippen LogP contribution is -2.43. The molecule has 6 nitrogen and oxygen atoms in total. The van der Waals surface area contributed by atoms with Crippen molar-refractivity contribution >= 4 is 23.4 Å². The molecular formula is C20H22ClN3O3. The Morgan fingerprint density at radius 2 is 1.93 bits per heavy atom. The Kier molecular flexibility index (Phi) is 5.96. The molecule has 0 unspecified atom stereocenters. The van der Waals surface area contributed by atoms with Gasteiger partial charge in [0.25, 0.3) is 17.4 Å². The minimum Gasteiger partial charge on any atom is -0.352 e. The van der Waals surface area contributed by atoms with Gasteiger partial charge in [-0.05, 0) is 49.1 Å². The smallest absolute Gasteiger partial charge is 0.263 e. The van der Waals surface area contributed by atoms with Crippen LogP contribution in [0, 0.1) is 5.92 Å². The number of benzene rings is 1. The summed E-state index contributed by atoms with van der Waals surface area (Å²) in [6, 6.07) is 10.1. The summed E-state index contributed by atoms with van der Waals surface area (Å²) < 4.78 is 1.41. The van der Waals surface area contributed by atoms with Crippen LogP contribution in [0.15, 0.2) is 47.4 Å². The summed E-state index contributed by atoms with van der Waals surface area (Å²) in [6.45, 7) is 1.71. The van der Waals surface area contributed by atoms with E-state index in [2.05, 4.69) is 5.32 Å². The number of nitrogens with one attached hydrogen (secondary N) is 1. The minimum atomic E-state index is -0.279. The zero-order valence-corrected chi connectivity index (χ0v) is 15.9. The van der Waals surface area contributed by atoms with Gasteiger partial charge in [-0.2, -0.15) is 0 Å². The number of rotatable bonds is 4. The molecule has 0 aliphatic carbocycles. The Balaban J connectivity index is 1.52. The maximum atomic E-state index is 12.6. The van der Waals surface area contributed by atoms with Crippen molar-refractivity contribution in [2.75, 3.05) is 19.6 Å². The second-order valence-electron chi connectivity index (χ2n) is 6.79. The van der Waals surface area contributed by atoms with E-state index >= 15 is 0 Å². The maximum Gasteiger partial charge on any atom is 0.263 e. The number of hydrogen-bond donors (Lipinski definition) is 1. The predicted molar refractivity (Wildman–Crippen MR) is 104 cm³/mol. The van der Waals surface area contributed by atoms with E-state index in [-0.39, 0.29) is 22.9 Å². The fraction of sp³-hybridized carbons (Fsp3) is 0.350. The van der Waals surface area contributed by atoms with Gasteiger partial charge < -0.3 is 14.8 Å². The molecular weight excluding hydrogens is 366 g/mol. The number of nitrogens with zero attached hydrogens (tertiary/aromatic N) is 2. The highest BCUT2D eigenvalue weighted by Gasteiger charge is 2.25. The Labute approximate surface area is 162 Å². The van der Waals surface area contributed by atoms with Crippen LogP contribution >= 0.6 is 11.6 Å². The molecule has 1 aromatic carbocycles. The van der Waals surface area contributed by atoms with Gasteiger partial charge >= 0.3 is 0 Å². The van der Waals surface area contributed by atoms with Crippen molar-refractivity contribution in [1.82, 2.24) is 14.8 Å². The van der Waals surface area contributed by atoms with Crippen LogP contribution in [0.2, 0.25) is 5.02 Å². The first kappa shape index (κ1) is 19.2. The third-order valence-corrected chi connectivity index (χ3v) is 5.13. The van der Waals surface area contributed by atoms with Crippen LogP contribution in [0.3, 0.4) is 0 Å². The molecule has 1 saturated heterocycles. The van der Waals surface area contributed by atoms with Crippen LogP contribution in [-0.2, 0) is 7.05 Å². The van der Waals surface area contributed by atoms with E-state index in [9.17, 15) is 14.4 Å². The molecule has 2 aromatic rings. The van der Waals surface area contributed by atoms with Crippen molar-refractivity contribution in [2.45, 2.75) is 12.8 Å². The molecule has 1 N–H and O–H groups in total. The van der Waals surface area contributed by atoms with Crippen LogP contribution in [0.25, 0.3) is 0 Å². The summed E-state index contributed by atoms with van der Waals surface area (Å²) >= 11 is 5.91. The van der Waals surface area contributed by atoms with Crippen LogP contribution in [0.5, 0.6) is 0 Å². The number of aryl methyl sites for hydroxylation is 1. The quantitative estimate of drug-likeness (QED) is 0.875. The molecule has 2 amide bonds. The van der Waals surface area contributed by atoms with Crippen LogP contribution in [0.4, 0.5) is 0 Å². The summed E-state index contributed by atoms with van der Waals surface area (Å²) in [5.41, 5.74) is 0.459. The molecule has 0 spiro atoms. The van der Waals surface area contributed by atoms with E-state index in [0.717, 1.165) is 12.8 Å². The van der Waals surface area contributed by atoms with Gasteiger partial charge in [-0.15, -0.1) is 0 Å². The molecule has 7 heteroatoms. The summed E-state index contributed by atoms with van der Waals surface area (Å²) in [4.78, 5) is 38.6. The van der Waals surface area contributed by atoms with Crippen molar-refractivity contribution < 1.29 is 9.59 Å². The number of carbonyl (C=O) groups excluding carboxylic acids is 2. The van der Waals surface area contributed by atoms with E-state index in [0.29, 0.717) is 36.1 Å². The fourth-order valence-corrected chi connectivity index (χ4v) is 3.43. The molecule has 1 fully saturated rings. The lowest BCUT2D eigenvalue weighted by molar-refractivity contribution is 0.0682. The van der Waals surface area contributed by atoms with E-state index in [1.54, 1.807) is 54.5 Å². The van der Waals surface area contributed by atoms with Gasteiger partial charge in [-0.3, -0.25) is 14.4 Å². The van der Waals surface area contributed by atoms with E-state index in [1.807, 2.05) is 0 Å². The zero-order chi connectivity index (χ0) is 19.4. The van der Waals surface area contributed by atoms with Crippen LogP contribution in [-0.4, -0.2) is 40.9 Å². The monoisotopic (exact) mass is 387 g/mol. The average Bonchev–Trinajstić information content (AvgIpc) is 2.68. The number of carbonyl (C=O) groups is 2. The maximum absolute atomic E-state index is 12.6. The van der Waals surface area contributed by atoms with E-state index < -0.39 is 0 Å². The third kappa shape index (κ3) is 4.57. The lowest BCUT2D eigenvalue weighted by Gasteiger charge is -2.32. The zero-order valence-electron chi connectivity index (χ0n) is 15.2. The molecule has 3 rings (SSSR count). The molecule has 142 valence electrons. The number of pyridine rings is 1. The van der Waals surface area contributed by atoms with Crippen LogP contribution in [0.1, 0.15) is 33.6 Å². The minimum absolute atomic E-state index is 0.149. The van der Waals surface area contributed by atoms with Gasteiger partial charge in [-0.25, -0.2) is 0 Å². The molecule has 0 radical (unpaired) electrons. The van der Waals surface area contributed by atoms with Gasteiger partial charge in [0.1, 0.15) is 5.56 Å². The first-order valence-corrected chi connectivity index (χ1v) is 9.32. The van der Waals surface area contributed by atoms with Crippen molar-refractivity contribution in [3.05, 3.63) is 69.1 Å². The SMILES string of the molecule is Cn1cccc(C(=O)N2CCC(CNC(=O)c3cccc(Cl)c3)CC2)c1=O. The first-order chi connectivity index (χ1) is 13.0. The summed E-state index contributed by atoms with van der Waals surface area (Å²) in [5.74, 6) is -0.0720. The lowest BCUT2D eigenvalue weighted by atomic mass is 9.96. The van der Waals surface area contributed by atoms with Crippen molar-refractivity contribution in [3.63, 3.8) is 0 Å². The summed E-state index contributed by atoms with van der Waals surface area (Å²) in [5, 5.41) is 3.46. The third-order valence-electron chi connectivity index (χ3n) is 4.89. The molecule has 2 heterocycles. The molecule has 0 bridgehead atoms. The second kappa shape index (κ2) is 8.39. The van der Waals surface area contributed by atoms with Gasteiger partial charge in [0, 0.05) is 43.5 Å². The summed E-state index contributed by atoms with van der Waals surface area (Å²) in [7, 11) is 1.63. The first-order valence-electron chi connectivity index (χ1n) is 8.94. The predicted octanol–water partition coefficient (Wildman–Crippen LogP) is 2.32. The average molecular weight is 388 g/mol. The van der Waals surface area contributed by atoms with E-state index in [1.165, 1.54) is 4.57 Å². The molecule has 0 saturated carbocycles. The highest BCUT2D eigenvalue weighted by atomic mass is 35.5. The van der Waals surface area contributed by atoms with Gasteiger partial charge in [0.05, 0.1) is 0 Å². The van der Waals surface area contributed by atoms with Crippen LogP contribution < -0.4 is 10.9 Å². The molecule has 27 heavy (non-hydrogen) atoms. The molecule has 0 atom stereocenters. The molecule has 1 aliphatic rings. The number of likely N-dealkylation sites (tertiary alicyclic amines) is 1. The van der Waals surface area contributed by atoms with Crippen molar-refractivity contribution in [1.29, 1.82) is 0 Å². The number of aromatic nitrogens is 1. The Hall–Kier alpha value is -2.60. The normalized spacial score (nSPS) is 14.8. The Morgan fingerprint density at radius 3 is 2.63 bits per heavy atom. The van der Waals surface area contributed by atoms with Gasteiger partial charge in [0.15, 0.2) is 0 Å². The Bertz CT molecular complexity index is 901. The summed E-state index contributed by atoms with van der Waals surface area (Å²) in [6.07, 6.45) is 3.21. The number of halogens is 1. The van der Waals surface area contributed by atoms with E-state index in [4.69, 9.17) is 11.6 Å². The topological polar surface area (TPSA) is 71.4 Å². The Morgan fingerprint density at radius 1 is 1.19 bits per heavy atom. The molecule has 1 aliphatic heterocycles. The van der Waals surface area contributed by atoms with Crippen molar-refractivity contribution in [3.8, 4) is 0 Å². The second-order valence-corrected chi connectivity index (χ2v) is 7.23. The standard InChI is InChI=1S/C20H22ClN3O3/c1-23-9-3-6-17(19(23)26)20(27)24-10-7-14(8-11-24)13-22-18(25)15-4-2-5-16(21)12-15/h2-6,9,12,14H,7-8,10-11,13H2,1H3,(H,22,25). The number of piperidine rings is 1. The number of amides is 2. The van der Waals surface area contributed by atoms with Gasteiger partial charge in [-0.1, -0.05) is 17.7 Å². The molecule has 1 aromatic heterocycles.